The van der Waals surface area contributed by atoms with Crippen LogP contribution in [-0.2, 0) is 9.84 Å². The highest BCUT2D eigenvalue weighted by atomic mass is 32.2. The smallest absolute Gasteiger partial charge is 0.163 e. The summed E-state index contributed by atoms with van der Waals surface area (Å²) in [6.45, 7) is 3.81. The molecule has 2 atom stereocenters. The van der Waals surface area contributed by atoms with Gasteiger partial charge in [0.05, 0.1) is 10.5 Å². The monoisotopic (exact) mass is 174 g/mol. The van der Waals surface area contributed by atoms with Gasteiger partial charge in [0.1, 0.15) is 0 Å². The molecule has 0 fully saturated rings. The van der Waals surface area contributed by atoms with Gasteiger partial charge in [-0.25, -0.2) is 8.42 Å². The average Bonchev–Trinajstić information content (AvgIpc) is 2.24. The molecule has 0 radical (unpaired) electrons. The second-order valence-corrected chi connectivity index (χ2v) is 5.26. The topological polar surface area (TPSA) is 34.1 Å². The number of rotatable bonds is 2. The lowest BCUT2D eigenvalue weighted by atomic mass is 10.2. The fraction of sp³-hybridized carbons (Fsp3) is 0.750. The van der Waals surface area contributed by atoms with Gasteiger partial charge in [-0.05, 0) is 12.8 Å². The Bertz CT molecular complexity index is 231. The summed E-state index contributed by atoms with van der Waals surface area (Å²) in [5.41, 5.74) is 0. The molecule has 0 N–H and O–H groups in total. The molecule has 1 aliphatic rings. The van der Waals surface area contributed by atoms with Gasteiger partial charge in [-0.2, -0.15) is 0 Å². The van der Waals surface area contributed by atoms with Crippen molar-refractivity contribution in [3.05, 3.63) is 12.2 Å². The van der Waals surface area contributed by atoms with E-state index >= 15 is 0 Å². The third-order valence-corrected chi connectivity index (χ3v) is 4.86. The number of sulfone groups is 1. The zero-order valence-electron chi connectivity index (χ0n) is 6.95. The van der Waals surface area contributed by atoms with E-state index in [0.29, 0.717) is 12.8 Å². The summed E-state index contributed by atoms with van der Waals surface area (Å²) in [5, 5.41) is -0.431. The van der Waals surface area contributed by atoms with E-state index in [1.54, 1.807) is 0 Å². The van der Waals surface area contributed by atoms with Crippen LogP contribution in [-0.4, -0.2) is 18.9 Å². The van der Waals surface area contributed by atoms with Crippen molar-refractivity contribution in [1.82, 2.24) is 0 Å². The summed E-state index contributed by atoms with van der Waals surface area (Å²) in [6, 6.07) is 0. The van der Waals surface area contributed by atoms with Gasteiger partial charge in [0.2, 0.25) is 0 Å². The van der Waals surface area contributed by atoms with E-state index in [9.17, 15) is 8.42 Å². The predicted molar refractivity (Wildman–Crippen MR) is 46.2 cm³/mol. The molecular formula is C8H14O2S. The first-order valence-corrected chi connectivity index (χ1v) is 5.64. The Balaban J connectivity index is 2.89. The Morgan fingerprint density at radius 2 is 1.45 bits per heavy atom. The molecule has 0 amide bonds. The van der Waals surface area contributed by atoms with Gasteiger partial charge in [-0.3, -0.25) is 0 Å². The van der Waals surface area contributed by atoms with Crippen LogP contribution in [0.2, 0.25) is 0 Å². The minimum Gasteiger partial charge on any atom is -0.228 e. The van der Waals surface area contributed by atoms with Gasteiger partial charge in [0.15, 0.2) is 9.84 Å². The van der Waals surface area contributed by atoms with Gasteiger partial charge < -0.3 is 0 Å². The van der Waals surface area contributed by atoms with Crippen LogP contribution in [0.15, 0.2) is 12.2 Å². The van der Waals surface area contributed by atoms with E-state index in [-0.39, 0.29) is 10.5 Å². The molecule has 11 heavy (non-hydrogen) atoms. The largest absolute Gasteiger partial charge is 0.228 e. The van der Waals surface area contributed by atoms with Crippen LogP contribution in [0, 0.1) is 0 Å². The molecule has 1 aliphatic heterocycles. The van der Waals surface area contributed by atoms with Gasteiger partial charge in [0.25, 0.3) is 0 Å². The van der Waals surface area contributed by atoms with Crippen molar-refractivity contribution in [3.63, 3.8) is 0 Å². The number of hydrogen-bond donors (Lipinski definition) is 0. The molecule has 1 heterocycles. The van der Waals surface area contributed by atoms with Crippen molar-refractivity contribution in [3.8, 4) is 0 Å². The van der Waals surface area contributed by atoms with Crippen molar-refractivity contribution >= 4 is 9.84 Å². The molecular weight excluding hydrogens is 160 g/mol. The second kappa shape index (κ2) is 2.97. The molecule has 0 aliphatic carbocycles. The van der Waals surface area contributed by atoms with E-state index in [0.717, 1.165) is 0 Å². The summed E-state index contributed by atoms with van der Waals surface area (Å²) in [7, 11) is -2.84. The van der Waals surface area contributed by atoms with Crippen LogP contribution >= 0.6 is 0 Å². The summed E-state index contributed by atoms with van der Waals surface area (Å²) < 4.78 is 23.0. The van der Waals surface area contributed by atoms with Gasteiger partial charge in [0, 0.05) is 0 Å². The SMILES string of the molecule is CC[C@H]1C=C[C@@H](CC)S1(=O)=O. The van der Waals surface area contributed by atoms with E-state index in [1.807, 2.05) is 26.0 Å². The highest BCUT2D eigenvalue weighted by molar-refractivity contribution is 7.93. The molecule has 3 heteroatoms. The normalized spacial score (nSPS) is 34.4. The maximum Gasteiger partial charge on any atom is 0.163 e. The van der Waals surface area contributed by atoms with Crippen molar-refractivity contribution in [2.45, 2.75) is 37.2 Å². The van der Waals surface area contributed by atoms with E-state index in [1.165, 1.54) is 0 Å². The minimum absolute atomic E-state index is 0.215. The maximum atomic E-state index is 11.5. The standard InChI is InChI=1S/C8H14O2S/c1-3-7-5-6-8(4-2)11(7,9)10/h5-8H,3-4H2,1-2H3/t7-,8+. The fourth-order valence-corrected chi connectivity index (χ4v) is 3.43. The molecule has 2 nitrogen and oxygen atoms in total. The Hall–Kier alpha value is -0.310. The minimum atomic E-state index is -2.84. The molecule has 64 valence electrons. The molecule has 0 aromatic carbocycles. The van der Waals surface area contributed by atoms with Crippen LogP contribution < -0.4 is 0 Å². The van der Waals surface area contributed by atoms with Crippen molar-refractivity contribution in [1.29, 1.82) is 0 Å². The van der Waals surface area contributed by atoms with Crippen LogP contribution in [0.4, 0.5) is 0 Å². The van der Waals surface area contributed by atoms with Crippen molar-refractivity contribution < 1.29 is 8.42 Å². The summed E-state index contributed by atoms with van der Waals surface area (Å²) >= 11 is 0. The third-order valence-electron chi connectivity index (χ3n) is 2.19. The molecule has 1 rings (SSSR count). The summed E-state index contributed by atoms with van der Waals surface area (Å²) in [5.74, 6) is 0. The van der Waals surface area contributed by atoms with Gasteiger partial charge >= 0.3 is 0 Å². The number of hydrogen-bond acceptors (Lipinski definition) is 2. The average molecular weight is 174 g/mol. The Morgan fingerprint density at radius 3 is 1.64 bits per heavy atom. The zero-order chi connectivity index (χ0) is 8.48. The lowest BCUT2D eigenvalue weighted by molar-refractivity contribution is 0.581. The molecule has 0 unspecified atom stereocenters. The fourth-order valence-electron chi connectivity index (χ4n) is 1.43. The van der Waals surface area contributed by atoms with Crippen LogP contribution in [0.3, 0.4) is 0 Å². The van der Waals surface area contributed by atoms with E-state index in [2.05, 4.69) is 0 Å². The molecule has 0 aromatic rings. The highest BCUT2D eigenvalue weighted by Crippen LogP contribution is 2.24. The summed E-state index contributed by atoms with van der Waals surface area (Å²) in [4.78, 5) is 0. The Morgan fingerprint density at radius 1 is 1.09 bits per heavy atom. The van der Waals surface area contributed by atoms with Crippen molar-refractivity contribution in [2.75, 3.05) is 0 Å². The first kappa shape index (κ1) is 8.78. The quantitative estimate of drug-likeness (QED) is 0.595. The van der Waals surface area contributed by atoms with Crippen LogP contribution in [0.25, 0.3) is 0 Å². The summed E-state index contributed by atoms with van der Waals surface area (Å²) in [6.07, 6.45) is 5.05. The second-order valence-electron chi connectivity index (χ2n) is 2.87. The van der Waals surface area contributed by atoms with Crippen molar-refractivity contribution in [2.24, 2.45) is 0 Å². The maximum absolute atomic E-state index is 11.5. The zero-order valence-corrected chi connectivity index (χ0v) is 7.76. The molecule has 0 spiro atoms. The first-order chi connectivity index (χ1) is 5.12. The molecule has 0 aromatic heterocycles. The molecule has 0 saturated carbocycles. The van der Waals surface area contributed by atoms with Gasteiger partial charge in [-0.1, -0.05) is 26.0 Å². The van der Waals surface area contributed by atoms with Gasteiger partial charge in [-0.15, -0.1) is 0 Å². The first-order valence-electron chi connectivity index (χ1n) is 4.04. The highest BCUT2D eigenvalue weighted by Gasteiger charge is 2.33. The van der Waals surface area contributed by atoms with E-state index < -0.39 is 9.84 Å². The lowest BCUT2D eigenvalue weighted by Gasteiger charge is -2.09. The van der Waals surface area contributed by atoms with Crippen LogP contribution in [0.5, 0.6) is 0 Å². The Labute approximate surface area is 68.2 Å². The molecule has 0 bridgehead atoms. The lowest BCUT2D eigenvalue weighted by Crippen LogP contribution is -2.22. The Kier molecular flexibility index (Phi) is 2.37. The molecule has 0 saturated heterocycles. The van der Waals surface area contributed by atoms with E-state index in [4.69, 9.17) is 0 Å². The predicted octanol–water partition coefficient (Wildman–Crippen LogP) is 1.53. The third kappa shape index (κ3) is 1.34. The van der Waals surface area contributed by atoms with Crippen LogP contribution in [0.1, 0.15) is 26.7 Å².